The standard InChI is InChI=1S/C12H15ClN2O2/c1-7(2)10(11(14)16)15-12(17)8-3-5-9(13)6-4-8/h3-7,10H,1-2H3,(H2,14,16)(H,15,17). The number of halogens is 1. The highest BCUT2D eigenvalue weighted by molar-refractivity contribution is 6.30. The SMILES string of the molecule is CC(C)C(NC(=O)c1ccc(Cl)cc1)C(N)=O. The van der Waals surface area contributed by atoms with Crippen LogP contribution >= 0.6 is 11.6 Å². The molecule has 0 radical (unpaired) electrons. The number of primary amides is 1. The Morgan fingerprint density at radius 2 is 1.76 bits per heavy atom. The molecule has 0 aliphatic carbocycles. The quantitative estimate of drug-likeness (QED) is 0.856. The van der Waals surface area contributed by atoms with E-state index in [0.717, 1.165) is 0 Å². The van der Waals surface area contributed by atoms with Crippen molar-refractivity contribution in [2.75, 3.05) is 0 Å². The van der Waals surface area contributed by atoms with Gasteiger partial charge in [0.2, 0.25) is 5.91 Å². The van der Waals surface area contributed by atoms with Crippen LogP contribution in [0.15, 0.2) is 24.3 Å². The van der Waals surface area contributed by atoms with E-state index in [1.165, 1.54) is 0 Å². The van der Waals surface area contributed by atoms with Crippen molar-refractivity contribution in [3.63, 3.8) is 0 Å². The van der Waals surface area contributed by atoms with Crippen LogP contribution in [0.3, 0.4) is 0 Å². The third-order valence-corrected chi connectivity index (χ3v) is 2.62. The van der Waals surface area contributed by atoms with E-state index >= 15 is 0 Å². The second-order valence-corrected chi connectivity index (χ2v) is 4.54. The van der Waals surface area contributed by atoms with E-state index in [9.17, 15) is 9.59 Å². The number of hydrogen-bond acceptors (Lipinski definition) is 2. The molecule has 0 saturated heterocycles. The summed E-state index contributed by atoms with van der Waals surface area (Å²) in [6.07, 6.45) is 0. The van der Waals surface area contributed by atoms with Gasteiger partial charge < -0.3 is 11.1 Å². The fourth-order valence-electron chi connectivity index (χ4n) is 1.39. The van der Waals surface area contributed by atoms with Gasteiger partial charge in [-0.3, -0.25) is 9.59 Å². The van der Waals surface area contributed by atoms with Gasteiger partial charge >= 0.3 is 0 Å². The maximum absolute atomic E-state index is 11.8. The predicted octanol–water partition coefficient (Wildman–Crippen LogP) is 1.58. The summed E-state index contributed by atoms with van der Waals surface area (Å²) < 4.78 is 0. The van der Waals surface area contributed by atoms with Crippen LogP contribution in [0, 0.1) is 5.92 Å². The van der Waals surface area contributed by atoms with Crippen LogP contribution in [0.1, 0.15) is 24.2 Å². The Bertz CT molecular complexity index is 415. The summed E-state index contributed by atoms with van der Waals surface area (Å²) in [4.78, 5) is 23.0. The smallest absolute Gasteiger partial charge is 0.251 e. The maximum atomic E-state index is 11.8. The van der Waals surface area contributed by atoms with Gasteiger partial charge in [-0.2, -0.15) is 0 Å². The zero-order chi connectivity index (χ0) is 13.0. The molecule has 1 aromatic carbocycles. The van der Waals surface area contributed by atoms with Gasteiger partial charge in [-0.1, -0.05) is 25.4 Å². The van der Waals surface area contributed by atoms with Crippen molar-refractivity contribution >= 4 is 23.4 Å². The Hall–Kier alpha value is -1.55. The number of carbonyl (C=O) groups excluding carboxylic acids is 2. The van der Waals surface area contributed by atoms with E-state index in [-0.39, 0.29) is 11.8 Å². The molecule has 0 aliphatic rings. The molecule has 3 N–H and O–H groups in total. The molecule has 92 valence electrons. The maximum Gasteiger partial charge on any atom is 0.251 e. The van der Waals surface area contributed by atoms with Gasteiger partial charge in [0.1, 0.15) is 6.04 Å². The molecule has 5 heteroatoms. The fraction of sp³-hybridized carbons (Fsp3) is 0.333. The lowest BCUT2D eigenvalue weighted by Crippen LogP contribution is -2.47. The molecule has 0 bridgehead atoms. The summed E-state index contributed by atoms with van der Waals surface area (Å²) in [5, 5.41) is 3.15. The highest BCUT2D eigenvalue weighted by Crippen LogP contribution is 2.10. The first-order valence-corrected chi connectivity index (χ1v) is 5.65. The van der Waals surface area contributed by atoms with Crippen LogP contribution in [0.4, 0.5) is 0 Å². The molecular weight excluding hydrogens is 240 g/mol. The molecule has 0 saturated carbocycles. The van der Waals surface area contributed by atoms with Crippen molar-refractivity contribution in [3.05, 3.63) is 34.9 Å². The third-order valence-electron chi connectivity index (χ3n) is 2.37. The van der Waals surface area contributed by atoms with Crippen LogP contribution in [-0.4, -0.2) is 17.9 Å². The zero-order valence-electron chi connectivity index (χ0n) is 9.74. The topological polar surface area (TPSA) is 72.2 Å². The molecule has 0 spiro atoms. The van der Waals surface area contributed by atoms with Crippen molar-refractivity contribution in [3.8, 4) is 0 Å². The van der Waals surface area contributed by atoms with Crippen LogP contribution < -0.4 is 11.1 Å². The van der Waals surface area contributed by atoms with Crippen molar-refractivity contribution in [2.45, 2.75) is 19.9 Å². The van der Waals surface area contributed by atoms with Gasteiger partial charge in [0.05, 0.1) is 0 Å². The van der Waals surface area contributed by atoms with Crippen molar-refractivity contribution in [2.24, 2.45) is 11.7 Å². The van der Waals surface area contributed by atoms with Gasteiger partial charge in [0, 0.05) is 10.6 Å². The first-order valence-electron chi connectivity index (χ1n) is 5.27. The molecule has 0 aromatic heterocycles. The molecule has 2 amide bonds. The molecule has 1 atom stereocenters. The Morgan fingerprint density at radius 3 is 2.18 bits per heavy atom. The largest absolute Gasteiger partial charge is 0.368 e. The van der Waals surface area contributed by atoms with Crippen LogP contribution in [-0.2, 0) is 4.79 Å². The molecule has 1 rings (SSSR count). The highest BCUT2D eigenvalue weighted by Gasteiger charge is 2.21. The second kappa shape index (κ2) is 5.68. The monoisotopic (exact) mass is 254 g/mol. The number of nitrogens with two attached hydrogens (primary N) is 1. The Balaban J connectivity index is 2.77. The molecule has 0 fully saturated rings. The Kier molecular flexibility index (Phi) is 4.52. The lowest BCUT2D eigenvalue weighted by molar-refractivity contribution is -0.120. The molecule has 1 unspecified atom stereocenters. The van der Waals surface area contributed by atoms with Crippen LogP contribution in [0.2, 0.25) is 5.02 Å². The first kappa shape index (κ1) is 13.5. The minimum atomic E-state index is -0.668. The molecule has 4 nitrogen and oxygen atoms in total. The van der Waals surface area contributed by atoms with Crippen molar-refractivity contribution < 1.29 is 9.59 Å². The highest BCUT2D eigenvalue weighted by atomic mass is 35.5. The summed E-state index contributed by atoms with van der Waals surface area (Å²) in [7, 11) is 0. The summed E-state index contributed by atoms with van der Waals surface area (Å²) in [6.45, 7) is 3.63. The van der Waals surface area contributed by atoms with E-state index < -0.39 is 11.9 Å². The zero-order valence-corrected chi connectivity index (χ0v) is 10.5. The Labute approximate surface area is 105 Å². The molecule has 0 heterocycles. The number of benzene rings is 1. The fourth-order valence-corrected chi connectivity index (χ4v) is 1.52. The molecule has 1 aromatic rings. The molecule has 17 heavy (non-hydrogen) atoms. The van der Waals surface area contributed by atoms with E-state index in [0.29, 0.717) is 10.6 Å². The average molecular weight is 255 g/mol. The summed E-state index contributed by atoms with van der Waals surface area (Å²) in [6, 6.07) is 5.75. The predicted molar refractivity (Wildman–Crippen MR) is 66.7 cm³/mol. The number of nitrogens with one attached hydrogen (secondary N) is 1. The van der Waals surface area contributed by atoms with Crippen molar-refractivity contribution in [1.82, 2.24) is 5.32 Å². The number of hydrogen-bond donors (Lipinski definition) is 2. The number of amides is 2. The number of rotatable bonds is 4. The van der Waals surface area contributed by atoms with Gasteiger partial charge in [-0.15, -0.1) is 0 Å². The van der Waals surface area contributed by atoms with Crippen LogP contribution in [0.5, 0.6) is 0 Å². The first-order chi connectivity index (χ1) is 7.91. The third kappa shape index (κ3) is 3.75. The van der Waals surface area contributed by atoms with Crippen LogP contribution in [0.25, 0.3) is 0 Å². The minimum absolute atomic E-state index is 0.0521. The van der Waals surface area contributed by atoms with E-state index in [1.54, 1.807) is 24.3 Å². The van der Waals surface area contributed by atoms with E-state index in [4.69, 9.17) is 17.3 Å². The average Bonchev–Trinajstić information content (AvgIpc) is 2.25. The second-order valence-electron chi connectivity index (χ2n) is 4.10. The van der Waals surface area contributed by atoms with Crippen molar-refractivity contribution in [1.29, 1.82) is 0 Å². The van der Waals surface area contributed by atoms with Gasteiger partial charge in [0.25, 0.3) is 5.91 Å². The minimum Gasteiger partial charge on any atom is -0.368 e. The van der Waals surface area contributed by atoms with E-state index in [2.05, 4.69) is 5.32 Å². The summed E-state index contributed by atoms with van der Waals surface area (Å²) >= 11 is 5.72. The summed E-state index contributed by atoms with van der Waals surface area (Å²) in [5.41, 5.74) is 5.66. The lowest BCUT2D eigenvalue weighted by Gasteiger charge is -2.18. The summed E-state index contributed by atoms with van der Waals surface area (Å²) in [5.74, 6) is -0.926. The normalized spacial score (nSPS) is 12.2. The van der Waals surface area contributed by atoms with E-state index in [1.807, 2.05) is 13.8 Å². The van der Waals surface area contributed by atoms with Gasteiger partial charge in [-0.05, 0) is 30.2 Å². The lowest BCUT2D eigenvalue weighted by atomic mass is 10.0. The number of carbonyl (C=O) groups is 2. The molecule has 0 aliphatic heterocycles. The van der Waals surface area contributed by atoms with Gasteiger partial charge in [0.15, 0.2) is 0 Å². The Morgan fingerprint density at radius 1 is 1.24 bits per heavy atom. The molecular formula is C12H15ClN2O2. The van der Waals surface area contributed by atoms with Gasteiger partial charge in [-0.25, -0.2) is 0 Å².